The Labute approximate surface area is 119 Å². The second kappa shape index (κ2) is 5.37. The topological polar surface area (TPSA) is 92.1 Å². The number of aromatic amines is 1. The molecule has 0 atom stereocenters. The van der Waals surface area contributed by atoms with Gasteiger partial charge in [0, 0.05) is 12.6 Å². The number of nitrogens with zero attached hydrogens (tertiary/aromatic N) is 2. The first-order chi connectivity index (χ1) is 9.59. The molecule has 1 heterocycles. The number of anilines is 1. The third kappa shape index (κ3) is 2.69. The fourth-order valence-corrected chi connectivity index (χ4v) is 4.82. The lowest BCUT2D eigenvalue weighted by Gasteiger charge is -2.29. The minimum atomic E-state index is -3.51. The molecule has 0 aromatic carbocycles. The minimum absolute atomic E-state index is 0.125. The van der Waals surface area contributed by atoms with E-state index < -0.39 is 10.0 Å². The maximum absolute atomic E-state index is 12.8. The summed E-state index contributed by atoms with van der Waals surface area (Å²) in [5.74, 6) is 0.631. The molecule has 2 aliphatic carbocycles. The molecule has 3 N–H and O–H groups in total. The summed E-state index contributed by atoms with van der Waals surface area (Å²) in [6.07, 6.45) is 9.24. The molecular formula is C13H22N4O2S. The van der Waals surface area contributed by atoms with Gasteiger partial charge in [0.1, 0.15) is 10.7 Å². The number of aromatic nitrogens is 2. The van der Waals surface area contributed by atoms with Crippen LogP contribution in [0.25, 0.3) is 0 Å². The van der Waals surface area contributed by atoms with Crippen molar-refractivity contribution in [3.05, 3.63) is 6.20 Å². The van der Waals surface area contributed by atoms with Crippen molar-refractivity contribution in [1.29, 1.82) is 0 Å². The van der Waals surface area contributed by atoms with E-state index in [1.807, 2.05) is 0 Å². The molecule has 2 fully saturated rings. The first-order valence-corrected chi connectivity index (χ1v) is 8.83. The van der Waals surface area contributed by atoms with Crippen LogP contribution in [0.4, 0.5) is 5.82 Å². The molecule has 1 aromatic rings. The number of H-pyrrole nitrogens is 1. The zero-order valence-corrected chi connectivity index (χ0v) is 12.4. The van der Waals surface area contributed by atoms with Crippen molar-refractivity contribution in [3.63, 3.8) is 0 Å². The quantitative estimate of drug-likeness (QED) is 0.865. The zero-order valence-electron chi connectivity index (χ0n) is 11.6. The van der Waals surface area contributed by atoms with E-state index in [1.54, 1.807) is 4.31 Å². The van der Waals surface area contributed by atoms with Crippen LogP contribution in [0.15, 0.2) is 11.1 Å². The van der Waals surface area contributed by atoms with E-state index in [9.17, 15) is 8.42 Å². The predicted molar refractivity (Wildman–Crippen MR) is 76.5 cm³/mol. The number of nitrogens with one attached hydrogen (secondary N) is 1. The van der Waals surface area contributed by atoms with Gasteiger partial charge in [-0.1, -0.05) is 19.3 Å². The molecule has 3 rings (SSSR count). The van der Waals surface area contributed by atoms with Gasteiger partial charge in [-0.05, 0) is 31.6 Å². The van der Waals surface area contributed by atoms with Gasteiger partial charge in [0.25, 0.3) is 0 Å². The van der Waals surface area contributed by atoms with Crippen LogP contribution in [-0.4, -0.2) is 35.5 Å². The van der Waals surface area contributed by atoms with E-state index in [0.717, 1.165) is 25.7 Å². The van der Waals surface area contributed by atoms with E-state index in [4.69, 9.17) is 5.73 Å². The van der Waals surface area contributed by atoms with Crippen molar-refractivity contribution in [2.75, 3.05) is 12.3 Å². The summed E-state index contributed by atoms with van der Waals surface area (Å²) in [5.41, 5.74) is 5.69. The van der Waals surface area contributed by atoms with Crippen molar-refractivity contribution in [1.82, 2.24) is 14.5 Å². The van der Waals surface area contributed by atoms with Crippen LogP contribution in [0.5, 0.6) is 0 Å². The number of hydrogen-bond acceptors (Lipinski definition) is 4. The van der Waals surface area contributed by atoms with Crippen LogP contribution in [-0.2, 0) is 10.0 Å². The molecule has 6 nitrogen and oxygen atoms in total. The van der Waals surface area contributed by atoms with Crippen molar-refractivity contribution in [3.8, 4) is 0 Å². The van der Waals surface area contributed by atoms with Crippen LogP contribution in [0.1, 0.15) is 44.9 Å². The highest BCUT2D eigenvalue weighted by atomic mass is 32.2. The van der Waals surface area contributed by atoms with Crippen molar-refractivity contribution in [2.45, 2.75) is 55.9 Å². The zero-order chi connectivity index (χ0) is 14.2. The van der Waals surface area contributed by atoms with E-state index in [2.05, 4.69) is 10.2 Å². The molecule has 0 amide bonds. The molecule has 0 unspecified atom stereocenters. The molecular weight excluding hydrogens is 276 g/mol. The molecule has 0 bridgehead atoms. The second-order valence-electron chi connectivity index (χ2n) is 5.96. The maximum Gasteiger partial charge on any atom is 0.248 e. The third-order valence-electron chi connectivity index (χ3n) is 4.34. The van der Waals surface area contributed by atoms with E-state index >= 15 is 0 Å². The van der Waals surface area contributed by atoms with Gasteiger partial charge in [-0.2, -0.15) is 9.40 Å². The van der Waals surface area contributed by atoms with Crippen LogP contribution in [0, 0.1) is 5.92 Å². The summed E-state index contributed by atoms with van der Waals surface area (Å²) in [5, 5.41) is 6.26. The second-order valence-corrected chi connectivity index (χ2v) is 7.82. The Bertz CT molecular complexity index is 559. The Morgan fingerprint density at radius 2 is 1.95 bits per heavy atom. The van der Waals surface area contributed by atoms with Crippen LogP contribution < -0.4 is 5.73 Å². The number of rotatable bonds is 5. The van der Waals surface area contributed by atoms with Crippen molar-refractivity contribution < 1.29 is 8.42 Å². The van der Waals surface area contributed by atoms with Gasteiger partial charge in [0.15, 0.2) is 0 Å². The standard InChI is InChI=1S/C13H22N4O2S/c14-13-12(8-15-16-13)20(18,19)17(11-6-7-11)9-10-4-2-1-3-5-10/h8,10-11H,1-7,9H2,(H3,14,15,16). The largest absolute Gasteiger partial charge is 0.383 e. The van der Waals surface area contributed by atoms with Crippen LogP contribution in [0.3, 0.4) is 0 Å². The lowest BCUT2D eigenvalue weighted by molar-refractivity contribution is 0.274. The normalized spacial score (nSPS) is 21.4. The Balaban J connectivity index is 1.81. The summed E-state index contributed by atoms with van der Waals surface area (Å²) in [6.45, 7) is 0.637. The number of sulfonamides is 1. The Hall–Kier alpha value is -1.08. The van der Waals surface area contributed by atoms with Gasteiger partial charge >= 0.3 is 0 Å². The SMILES string of the molecule is Nc1[nH]ncc1S(=O)(=O)N(CC1CCCCC1)C1CC1. The number of nitrogens with two attached hydrogens (primary N) is 1. The summed E-state index contributed by atoms with van der Waals surface area (Å²) >= 11 is 0. The fourth-order valence-electron chi connectivity index (χ4n) is 3.05. The van der Waals surface area contributed by atoms with Gasteiger partial charge in [0.05, 0.1) is 6.20 Å². The highest BCUT2D eigenvalue weighted by Gasteiger charge is 2.40. The summed E-state index contributed by atoms with van der Waals surface area (Å²) in [7, 11) is -3.51. The average Bonchev–Trinajstić information content (AvgIpc) is 3.18. The van der Waals surface area contributed by atoms with Crippen LogP contribution in [0.2, 0.25) is 0 Å². The molecule has 0 radical (unpaired) electrons. The van der Waals surface area contributed by atoms with Gasteiger partial charge in [-0.25, -0.2) is 8.42 Å². The average molecular weight is 298 g/mol. The van der Waals surface area contributed by atoms with Crippen LogP contribution >= 0.6 is 0 Å². The molecule has 0 saturated heterocycles. The van der Waals surface area contributed by atoms with E-state index in [0.29, 0.717) is 12.5 Å². The summed E-state index contributed by atoms with van der Waals surface area (Å²) in [6, 6.07) is 0.163. The molecule has 1 aromatic heterocycles. The molecule has 7 heteroatoms. The van der Waals surface area contributed by atoms with Gasteiger partial charge in [-0.15, -0.1) is 0 Å². The number of hydrogen-bond donors (Lipinski definition) is 2. The van der Waals surface area contributed by atoms with Gasteiger partial charge in [-0.3, -0.25) is 5.10 Å². The predicted octanol–water partition coefficient (Wildman–Crippen LogP) is 1.73. The third-order valence-corrected chi connectivity index (χ3v) is 6.28. The monoisotopic (exact) mass is 298 g/mol. The highest BCUT2D eigenvalue weighted by molar-refractivity contribution is 7.89. The van der Waals surface area contributed by atoms with Gasteiger partial charge in [0.2, 0.25) is 10.0 Å². The Morgan fingerprint density at radius 1 is 1.25 bits per heavy atom. The molecule has 2 saturated carbocycles. The first kappa shape index (κ1) is 13.9. The van der Waals surface area contributed by atoms with E-state index in [-0.39, 0.29) is 16.8 Å². The minimum Gasteiger partial charge on any atom is -0.383 e. The first-order valence-electron chi connectivity index (χ1n) is 7.39. The lowest BCUT2D eigenvalue weighted by Crippen LogP contribution is -2.37. The smallest absolute Gasteiger partial charge is 0.248 e. The summed E-state index contributed by atoms with van der Waals surface area (Å²) < 4.78 is 27.2. The van der Waals surface area contributed by atoms with E-state index in [1.165, 1.54) is 25.5 Å². The fraction of sp³-hybridized carbons (Fsp3) is 0.769. The summed E-state index contributed by atoms with van der Waals surface area (Å²) in [4.78, 5) is 0.125. The molecule has 2 aliphatic rings. The Kier molecular flexibility index (Phi) is 3.72. The number of nitrogen functional groups attached to an aromatic ring is 1. The highest BCUT2D eigenvalue weighted by Crippen LogP contribution is 2.36. The molecule has 0 spiro atoms. The molecule has 20 heavy (non-hydrogen) atoms. The van der Waals surface area contributed by atoms with Gasteiger partial charge < -0.3 is 5.73 Å². The Morgan fingerprint density at radius 3 is 2.50 bits per heavy atom. The molecule has 0 aliphatic heterocycles. The molecule has 112 valence electrons. The maximum atomic E-state index is 12.8. The van der Waals surface area contributed by atoms with Crippen molar-refractivity contribution in [2.24, 2.45) is 5.92 Å². The van der Waals surface area contributed by atoms with Crippen molar-refractivity contribution >= 4 is 15.8 Å². The lowest BCUT2D eigenvalue weighted by atomic mass is 9.89.